The fourth-order valence-electron chi connectivity index (χ4n) is 1.70. The number of nitrogens with zero attached hydrogens (tertiary/aromatic N) is 1. The number of nitro groups is 1. The van der Waals surface area contributed by atoms with Gasteiger partial charge in [0.25, 0.3) is 5.69 Å². The van der Waals surface area contributed by atoms with Crippen LogP contribution in [0.4, 0.5) is 22.7 Å². The minimum Gasteiger partial charge on any atom is -0.506 e. The first-order valence-corrected chi connectivity index (χ1v) is 5.87. The van der Waals surface area contributed by atoms with Crippen molar-refractivity contribution in [3.8, 4) is 5.75 Å². The van der Waals surface area contributed by atoms with Crippen molar-refractivity contribution in [2.45, 2.75) is 6.92 Å². The molecule has 0 atom stereocenters. The summed E-state index contributed by atoms with van der Waals surface area (Å²) in [7, 11) is 0. The predicted octanol–water partition coefficient (Wildman–Crippen LogP) is 2.75. The normalized spacial score (nSPS) is 9.38. The van der Waals surface area contributed by atoms with E-state index < -0.39 is 4.92 Å². The molecule has 7 nitrogen and oxygen atoms in total. The van der Waals surface area contributed by atoms with E-state index in [0.717, 1.165) is 5.56 Å². The Hall–Kier alpha value is -3.09. The van der Waals surface area contributed by atoms with Crippen LogP contribution in [0, 0.1) is 17.0 Å². The van der Waals surface area contributed by atoms with Gasteiger partial charge in [-0.1, -0.05) is 6.07 Å². The van der Waals surface area contributed by atoms with Crippen molar-refractivity contribution in [2.75, 3.05) is 11.1 Å². The van der Waals surface area contributed by atoms with Crippen LogP contribution in [0.5, 0.6) is 5.75 Å². The average molecular weight is 289 g/mol. The summed E-state index contributed by atoms with van der Waals surface area (Å²) >= 11 is 0. The molecule has 0 aromatic heterocycles. The summed E-state index contributed by atoms with van der Waals surface area (Å²) in [6.07, 6.45) is 0. The number of aromatic hydroxyl groups is 1. The highest BCUT2D eigenvalue weighted by molar-refractivity contribution is 5.75. The Morgan fingerprint density at radius 3 is 2.38 bits per heavy atom. The lowest BCUT2D eigenvalue weighted by molar-refractivity contribution is -0.383. The van der Waals surface area contributed by atoms with Gasteiger partial charge < -0.3 is 21.0 Å². The number of rotatable bonds is 3. The van der Waals surface area contributed by atoms with Gasteiger partial charge in [-0.05, 0) is 36.8 Å². The molecule has 0 bridgehead atoms. The first kappa shape index (κ1) is 16.0. The number of phenols is 1. The van der Waals surface area contributed by atoms with Gasteiger partial charge in [-0.2, -0.15) is 0 Å². The van der Waals surface area contributed by atoms with E-state index in [-0.39, 0.29) is 17.1 Å². The highest BCUT2D eigenvalue weighted by atomic mass is 16.6. The number of nitro benzene ring substituents is 1. The molecule has 0 heterocycles. The third-order valence-corrected chi connectivity index (χ3v) is 2.64. The largest absolute Gasteiger partial charge is 0.506 e. The standard InChI is InChI=1S/C13H13N3O3.CH2O/c1-8-2-4-11(13(17)6-8)15-10-5-3-9(14)7-12(10)16(18)19;1-2/h2-7,15,17H,14H2,1H3;1H2. The number of nitrogens with one attached hydrogen (secondary N) is 1. The molecule has 0 aliphatic rings. The Bertz CT molecular complexity index is 659. The third kappa shape index (κ3) is 3.93. The molecule has 2 aromatic carbocycles. The molecule has 2 rings (SSSR count). The van der Waals surface area contributed by atoms with Crippen molar-refractivity contribution in [1.82, 2.24) is 0 Å². The van der Waals surface area contributed by atoms with E-state index in [0.29, 0.717) is 11.4 Å². The Morgan fingerprint density at radius 1 is 1.19 bits per heavy atom. The van der Waals surface area contributed by atoms with Crippen LogP contribution in [0.15, 0.2) is 36.4 Å². The smallest absolute Gasteiger partial charge is 0.294 e. The Morgan fingerprint density at radius 2 is 1.81 bits per heavy atom. The Balaban J connectivity index is 0.00000106. The van der Waals surface area contributed by atoms with Crippen molar-refractivity contribution in [1.29, 1.82) is 0 Å². The van der Waals surface area contributed by atoms with Crippen molar-refractivity contribution in [3.63, 3.8) is 0 Å². The van der Waals surface area contributed by atoms with Crippen molar-refractivity contribution in [3.05, 3.63) is 52.1 Å². The van der Waals surface area contributed by atoms with Gasteiger partial charge in [0, 0.05) is 11.8 Å². The van der Waals surface area contributed by atoms with E-state index in [1.54, 1.807) is 24.3 Å². The number of benzene rings is 2. The van der Waals surface area contributed by atoms with Gasteiger partial charge >= 0.3 is 0 Å². The molecule has 2 aromatic rings. The highest BCUT2D eigenvalue weighted by Crippen LogP contribution is 2.33. The minimum atomic E-state index is -0.524. The maximum atomic E-state index is 11.0. The fourth-order valence-corrected chi connectivity index (χ4v) is 1.70. The number of hydrogen-bond acceptors (Lipinski definition) is 6. The first-order valence-electron chi connectivity index (χ1n) is 5.87. The molecule has 0 aliphatic heterocycles. The number of nitrogen functional groups attached to an aromatic ring is 1. The number of aryl methyl sites for hydroxylation is 1. The zero-order valence-electron chi connectivity index (χ0n) is 11.4. The molecule has 0 spiro atoms. The second-order valence-electron chi connectivity index (χ2n) is 4.18. The molecule has 21 heavy (non-hydrogen) atoms. The fraction of sp³-hybridized carbons (Fsp3) is 0.0714. The van der Waals surface area contributed by atoms with Gasteiger partial charge in [0.15, 0.2) is 0 Å². The average Bonchev–Trinajstić information content (AvgIpc) is 2.45. The van der Waals surface area contributed by atoms with Gasteiger partial charge in [-0.25, -0.2) is 0 Å². The van der Waals surface area contributed by atoms with E-state index in [1.807, 2.05) is 13.7 Å². The van der Waals surface area contributed by atoms with Crippen LogP contribution in [0.25, 0.3) is 0 Å². The minimum absolute atomic E-state index is 0.0334. The summed E-state index contributed by atoms with van der Waals surface area (Å²) in [6.45, 7) is 3.84. The van der Waals surface area contributed by atoms with E-state index in [2.05, 4.69) is 5.32 Å². The molecule has 0 amide bonds. The highest BCUT2D eigenvalue weighted by Gasteiger charge is 2.15. The number of nitrogens with two attached hydrogens (primary N) is 1. The van der Waals surface area contributed by atoms with Crippen LogP contribution in [-0.2, 0) is 4.79 Å². The zero-order valence-corrected chi connectivity index (χ0v) is 11.4. The van der Waals surface area contributed by atoms with Gasteiger partial charge in [0.2, 0.25) is 0 Å². The first-order chi connectivity index (χ1) is 9.97. The maximum Gasteiger partial charge on any atom is 0.294 e. The zero-order chi connectivity index (χ0) is 16.0. The van der Waals surface area contributed by atoms with Crippen molar-refractivity contribution in [2.24, 2.45) is 0 Å². The van der Waals surface area contributed by atoms with Crippen LogP contribution in [-0.4, -0.2) is 16.8 Å². The van der Waals surface area contributed by atoms with Crippen molar-refractivity contribution >= 4 is 29.5 Å². The lowest BCUT2D eigenvalue weighted by Gasteiger charge is -2.09. The molecule has 110 valence electrons. The molecular weight excluding hydrogens is 274 g/mol. The van der Waals surface area contributed by atoms with Gasteiger partial charge in [0.1, 0.15) is 18.2 Å². The van der Waals surface area contributed by atoms with E-state index in [9.17, 15) is 15.2 Å². The summed E-state index contributed by atoms with van der Waals surface area (Å²) in [5.41, 5.74) is 7.27. The Labute approximate surface area is 121 Å². The van der Waals surface area contributed by atoms with Crippen LogP contribution in [0.2, 0.25) is 0 Å². The molecule has 0 aliphatic carbocycles. The maximum absolute atomic E-state index is 11.0. The topological polar surface area (TPSA) is 118 Å². The molecule has 7 heteroatoms. The van der Waals surface area contributed by atoms with Crippen LogP contribution in [0.3, 0.4) is 0 Å². The van der Waals surface area contributed by atoms with E-state index in [4.69, 9.17) is 10.5 Å². The summed E-state index contributed by atoms with van der Waals surface area (Å²) in [5.74, 6) is 0.0334. The van der Waals surface area contributed by atoms with Crippen LogP contribution in [0.1, 0.15) is 5.56 Å². The molecule has 0 fully saturated rings. The van der Waals surface area contributed by atoms with Crippen LogP contribution >= 0.6 is 0 Å². The van der Waals surface area contributed by atoms with Gasteiger partial charge in [0.05, 0.1) is 10.6 Å². The van der Waals surface area contributed by atoms with Crippen LogP contribution < -0.4 is 11.1 Å². The van der Waals surface area contributed by atoms with E-state index >= 15 is 0 Å². The molecular formula is C14H15N3O4. The van der Waals surface area contributed by atoms with Crippen molar-refractivity contribution < 1.29 is 14.8 Å². The quantitative estimate of drug-likeness (QED) is 0.346. The van der Waals surface area contributed by atoms with Gasteiger partial charge in [-0.15, -0.1) is 0 Å². The summed E-state index contributed by atoms with van der Waals surface area (Å²) in [4.78, 5) is 18.4. The lowest BCUT2D eigenvalue weighted by atomic mass is 10.2. The number of anilines is 3. The van der Waals surface area contributed by atoms with Gasteiger partial charge in [-0.3, -0.25) is 10.1 Å². The number of carbonyl (C=O) groups excluding carboxylic acids is 1. The molecule has 0 unspecified atom stereocenters. The lowest BCUT2D eigenvalue weighted by Crippen LogP contribution is -1.98. The summed E-state index contributed by atoms with van der Waals surface area (Å²) in [5, 5.41) is 23.6. The second kappa shape index (κ2) is 6.90. The molecule has 0 radical (unpaired) electrons. The second-order valence-corrected chi connectivity index (χ2v) is 4.18. The molecule has 0 saturated heterocycles. The third-order valence-electron chi connectivity index (χ3n) is 2.64. The van der Waals surface area contributed by atoms with E-state index in [1.165, 1.54) is 12.1 Å². The number of phenolic OH excluding ortho intramolecular Hbond substituents is 1. The SMILES string of the molecule is C=O.Cc1ccc(Nc2ccc(N)cc2[N+](=O)[O-])c(O)c1. The predicted molar refractivity (Wildman–Crippen MR) is 80.8 cm³/mol. The Kier molecular flexibility index (Phi) is 5.24. The summed E-state index contributed by atoms with van der Waals surface area (Å²) in [6, 6.07) is 9.36. The monoisotopic (exact) mass is 289 g/mol. The number of carbonyl (C=O) groups is 1. The number of hydrogen-bond donors (Lipinski definition) is 3. The summed E-state index contributed by atoms with van der Waals surface area (Å²) < 4.78 is 0. The molecule has 4 N–H and O–H groups in total. The molecule has 0 saturated carbocycles.